The Morgan fingerprint density at radius 2 is 2.00 bits per heavy atom. The Morgan fingerprint density at radius 1 is 1.50 bits per heavy atom. The standard InChI is InChI=1S/C3H7.2H2O.Sn.H/c1-3-2;;;;/h1,3H2,2H3;2*1H2;;/q;;;+2;/p-2. The zero-order chi connectivity index (χ0) is 4.99. The second-order valence-electron chi connectivity index (χ2n) is 1.27. The van der Waals surface area contributed by atoms with E-state index in [4.69, 9.17) is 6.89 Å². The van der Waals surface area contributed by atoms with Gasteiger partial charge in [-0.15, -0.1) is 0 Å². The third kappa shape index (κ3) is 4.72. The van der Waals surface area contributed by atoms with Gasteiger partial charge in [-0.1, -0.05) is 0 Å². The van der Waals surface area contributed by atoms with Crippen molar-refractivity contribution in [2.75, 3.05) is 0 Å². The predicted octanol–water partition coefficient (Wildman–Crippen LogP) is -0.399. The Labute approximate surface area is 45.6 Å². The summed E-state index contributed by atoms with van der Waals surface area (Å²) >= 11 is -2.72. The zero-order valence-electron chi connectivity index (χ0n) is 3.89. The Balaban J connectivity index is 2.63. The third-order valence-corrected chi connectivity index (χ3v) is 3.67. The van der Waals surface area contributed by atoms with Crippen molar-refractivity contribution in [1.82, 2.24) is 0 Å². The molecule has 0 bridgehead atoms. The average Bonchev–Trinajstić information content (AvgIpc) is 1.35. The fraction of sp³-hybridized carbons (Fsp3) is 1.00. The fourth-order valence-electron chi connectivity index (χ4n) is 0.258. The van der Waals surface area contributed by atoms with Gasteiger partial charge in [0.05, 0.1) is 0 Å². The van der Waals surface area contributed by atoms with Gasteiger partial charge in [-0.25, -0.2) is 0 Å². The van der Waals surface area contributed by atoms with Gasteiger partial charge in [0, 0.05) is 0 Å². The van der Waals surface area contributed by atoms with Gasteiger partial charge in [-0.3, -0.25) is 0 Å². The van der Waals surface area contributed by atoms with Crippen molar-refractivity contribution in [2.24, 2.45) is 0 Å². The molecule has 2 nitrogen and oxygen atoms in total. The molecule has 3 heteroatoms. The second-order valence-corrected chi connectivity index (χ2v) is 5.66. The van der Waals surface area contributed by atoms with Gasteiger partial charge in [0.1, 0.15) is 0 Å². The number of hydrogen-bond acceptors (Lipinski definition) is 2. The van der Waals surface area contributed by atoms with Crippen molar-refractivity contribution in [3.63, 3.8) is 0 Å². The van der Waals surface area contributed by atoms with Crippen LogP contribution in [0.4, 0.5) is 0 Å². The summed E-state index contributed by atoms with van der Waals surface area (Å²) in [6, 6.07) is 0. The van der Waals surface area contributed by atoms with Crippen LogP contribution in [0.25, 0.3) is 0 Å². The van der Waals surface area contributed by atoms with Gasteiger partial charge in [-0.05, 0) is 0 Å². The van der Waals surface area contributed by atoms with E-state index in [2.05, 4.69) is 0 Å². The molecule has 0 rings (SSSR count). The molecule has 0 aliphatic rings. The molecule has 0 unspecified atom stereocenters. The molecule has 0 spiro atoms. The average molecular weight is 197 g/mol. The SMILES string of the molecule is CC[CH2][SnH]([OH])[OH]. The van der Waals surface area contributed by atoms with Gasteiger partial charge in [0.2, 0.25) is 0 Å². The van der Waals surface area contributed by atoms with Gasteiger partial charge in [0.15, 0.2) is 0 Å². The van der Waals surface area contributed by atoms with Crippen LogP contribution in [0, 0.1) is 0 Å². The van der Waals surface area contributed by atoms with Crippen LogP contribution in [-0.4, -0.2) is 27.5 Å². The summed E-state index contributed by atoms with van der Waals surface area (Å²) < 4.78 is 17.3. The van der Waals surface area contributed by atoms with Gasteiger partial charge in [-0.2, -0.15) is 0 Å². The molecule has 38 valence electrons. The van der Waals surface area contributed by atoms with Crippen LogP contribution in [0.3, 0.4) is 0 Å². The Kier molecular flexibility index (Phi) is 4.36. The summed E-state index contributed by atoms with van der Waals surface area (Å²) in [6.07, 6.45) is 0.924. The molecule has 0 heterocycles. The van der Waals surface area contributed by atoms with E-state index in [0.29, 0.717) is 4.44 Å². The molecule has 0 radical (unpaired) electrons. The van der Waals surface area contributed by atoms with Crippen LogP contribution in [0.1, 0.15) is 13.3 Å². The summed E-state index contributed by atoms with van der Waals surface area (Å²) in [7, 11) is 0. The molecule has 6 heavy (non-hydrogen) atoms. The molecule has 0 saturated heterocycles. The molecule has 0 aromatic carbocycles. The van der Waals surface area contributed by atoms with E-state index in [-0.39, 0.29) is 0 Å². The molecule has 0 aliphatic carbocycles. The Morgan fingerprint density at radius 3 is 2.00 bits per heavy atom. The van der Waals surface area contributed by atoms with E-state index in [1.165, 1.54) is 0 Å². The quantitative estimate of drug-likeness (QED) is 0.591. The molecule has 0 atom stereocenters. The van der Waals surface area contributed by atoms with Gasteiger partial charge in [0.25, 0.3) is 0 Å². The van der Waals surface area contributed by atoms with Crippen molar-refractivity contribution in [2.45, 2.75) is 17.8 Å². The molecular formula is C3H10O2Sn. The molecule has 0 saturated carbocycles. The summed E-state index contributed by atoms with van der Waals surface area (Å²) in [5.41, 5.74) is 0. The zero-order valence-corrected chi connectivity index (χ0v) is 7.18. The third-order valence-electron chi connectivity index (χ3n) is 0.547. The van der Waals surface area contributed by atoms with Crippen molar-refractivity contribution in [3.05, 3.63) is 0 Å². The van der Waals surface area contributed by atoms with E-state index < -0.39 is 20.6 Å². The van der Waals surface area contributed by atoms with Crippen molar-refractivity contribution in [1.29, 1.82) is 0 Å². The van der Waals surface area contributed by atoms with E-state index in [1.54, 1.807) is 0 Å². The topological polar surface area (TPSA) is 40.5 Å². The van der Waals surface area contributed by atoms with E-state index in [9.17, 15) is 0 Å². The van der Waals surface area contributed by atoms with Crippen molar-refractivity contribution in [3.8, 4) is 0 Å². The molecular weight excluding hydrogens is 187 g/mol. The first-order chi connectivity index (χ1) is 2.77. The van der Waals surface area contributed by atoms with Crippen LogP contribution < -0.4 is 0 Å². The summed E-state index contributed by atoms with van der Waals surface area (Å²) in [5.74, 6) is 0. The van der Waals surface area contributed by atoms with Crippen molar-refractivity contribution >= 4 is 20.6 Å². The van der Waals surface area contributed by atoms with Crippen LogP contribution >= 0.6 is 0 Å². The Bertz CT molecular complexity index is 30.0. The monoisotopic (exact) mass is 198 g/mol. The summed E-state index contributed by atoms with van der Waals surface area (Å²) in [4.78, 5) is 0. The molecule has 0 fully saturated rings. The number of hydrogen-bond donors (Lipinski definition) is 2. The maximum atomic E-state index is 8.32. The van der Waals surface area contributed by atoms with E-state index in [0.717, 1.165) is 6.42 Å². The van der Waals surface area contributed by atoms with Gasteiger partial charge >= 0.3 is 45.3 Å². The first kappa shape index (κ1) is 6.72. The second kappa shape index (κ2) is 3.89. The molecule has 0 aromatic rings. The van der Waals surface area contributed by atoms with Gasteiger partial charge < -0.3 is 0 Å². The van der Waals surface area contributed by atoms with Crippen LogP contribution in [-0.2, 0) is 0 Å². The normalized spacial score (nSPS) is 10.0. The maximum absolute atomic E-state index is 8.32. The predicted molar refractivity (Wildman–Crippen MR) is 26.7 cm³/mol. The van der Waals surface area contributed by atoms with Crippen LogP contribution in [0.5, 0.6) is 0 Å². The summed E-state index contributed by atoms with van der Waals surface area (Å²) in [5, 5.41) is 0. The first-order valence-electron chi connectivity index (χ1n) is 2.13. The Hall–Kier alpha value is 0.719. The van der Waals surface area contributed by atoms with E-state index in [1.807, 2.05) is 6.92 Å². The summed E-state index contributed by atoms with van der Waals surface area (Å²) in [6.45, 7) is 1.95. The molecule has 0 aromatic heterocycles. The fourth-order valence-corrected chi connectivity index (χ4v) is 1.73. The molecule has 0 aliphatic heterocycles. The minimum atomic E-state index is -2.72. The van der Waals surface area contributed by atoms with Crippen LogP contribution in [0.2, 0.25) is 4.44 Å². The van der Waals surface area contributed by atoms with Crippen LogP contribution in [0.15, 0.2) is 0 Å². The minimum absolute atomic E-state index is 0.696. The number of rotatable bonds is 2. The molecule has 2 N–H and O–H groups in total. The van der Waals surface area contributed by atoms with Crippen molar-refractivity contribution < 1.29 is 6.89 Å². The first-order valence-corrected chi connectivity index (χ1v) is 7.41. The van der Waals surface area contributed by atoms with E-state index >= 15 is 0 Å². The molecule has 0 amide bonds.